The fourth-order valence-electron chi connectivity index (χ4n) is 5.44. The molecule has 1 aromatic carbocycles. The molecule has 0 N–H and O–H groups in total. The fraction of sp³-hybridized carbons (Fsp3) is 0.714. The van der Waals surface area contributed by atoms with Crippen molar-refractivity contribution in [2.24, 2.45) is 5.92 Å². The van der Waals surface area contributed by atoms with E-state index in [0.717, 1.165) is 12.5 Å². The molecule has 0 aromatic heterocycles. The smallest absolute Gasteiger partial charge is 0.142 e. The Bertz CT molecular complexity index is 551. The van der Waals surface area contributed by atoms with Crippen molar-refractivity contribution in [3.63, 3.8) is 0 Å². The Balaban J connectivity index is 1.72. The Labute approximate surface area is 158 Å². The van der Waals surface area contributed by atoms with Crippen LogP contribution < -0.4 is 0 Å². The van der Waals surface area contributed by atoms with Crippen LogP contribution in [0.3, 0.4) is 0 Å². The van der Waals surface area contributed by atoms with Gasteiger partial charge < -0.3 is 4.74 Å². The van der Waals surface area contributed by atoms with Gasteiger partial charge in [0.25, 0.3) is 0 Å². The molecule has 1 aromatic rings. The predicted octanol–water partition coefficient (Wildman–Crippen LogP) is 6.35. The van der Waals surface area contributed by atoms with E-state index in [0.29, 0.717) is 0 Å². The van der Waals surface area contributed by atoms with Crippen LogP contribution in [0.2, 0.25) is 23.2 Å². The lowest BCUT2D eigenvalue weighted by molar-refractivity contribution is 0.173. The maximum absolute atomic E-state index is 14.2. The van der Waals surface area contributed by atoms with Gasteiger partial charge in [0.1, 0.15) is 5.82 Å². The summed E-state index contributed by atoms with van der Waals surface area (Å²) in [6.45, 7) is 0.918. The number of rotatable bonds is 6. The van der Waals surface area contributed by atoms with Gasteiger partial charge in [-0.2, -0.15) is 0 Å². The average molecular weight is 383 g/mol. The third kappa shape index (κ3) is 4.48. The number of halogens is 2. The lowest BCUT2D eigenvalue weighted by Gasteiger charge is -2.47. The first-order valence-electron chi connectivity index (χ1n) is 10.1. The van der Waals surface area contributed by atoms with Crippen LogP contribution in [-0.4, -0.2) is 22.5 Å². The summed E-state index contributed by atoms with van der Waals surface area (Å²) in [5.74, 6) is 0.492. The van der Waals surface area contributed by atoms with Gasteiger partial charge in [-0.3, -0.25) is 0 Å². The number of benzene rings is 1. The minimum absolute atomic E-state index is 0.204. The molecule has 0 atom stereocenters. The summed E-state index contributed by atoms with van der Waals surface area (Å²) < 4.78 is 19.4. The maximum Gasteiger partial charge on any atom is 0.142 e. The van der Waals surface area contributed by atoms with Crippen LogP contribution in [-0.2, 0) is 10.2 Å². The molecule has 0 unspecified atom stereocenters. The highest BCUT2D eigenvalue weighted by atomic mass is 35.5. The van der Waals surface area contributed by atoms with Crippen molar-refractivity contribution in [2.75, 3.05) is 13.7 Å². The summed E-state index contributed by atoms with van der Waals surface area (Å²) in [6, 6.07) is 9.99. The number of ether oxygens (including phenoxy) is 1. The first-order valence-corrected chi connectivity index (χ1v) is 12.9. The average Bonchev–Trinajstić information content (AvgIpc) is 2.65. The second kappa shape index (κ2) is 9.01. The van der Waals surface area contributed by atoms with E-state index in [1.165, 1.54) is 75.1 Å². The molecule has 4 heteroatoms. The van der Waals surface area contributed by atoms with Crippen LogP contribution in [0.5, 0.6) is 0 Å². The summed E-state index contributed by atoms with van der Waals surface area (Å²) in [4.78, 5) is 0. The Hall–Kier alpha value is -0.383. The molecule has 0 radical (unpaired) electrons. The van der Waals surface area contributed by atoms with E-state index >= 15 is 0 Å². The van der Waals surface area contributed by atoms with Gasteiger partial charge in [0.2, 0.25) is 0 Å². The molecular formula is C21H32ClFOSi. The molecule has 3 rings (SSSR count). The number of methoxy groups -OCH3 is 1. The SMILES string of the molecule is COCCC[SiH]1CCC(C2(c3ccc(Cl)c(F)c3)CCCCC2)CC1. The second-order valence-electron chi connectivity index (χ2n) is 8.20. The molecule has 0 amide bonds. The molecule has 0 bridgehead atoms. The molecule has 1 aliphatic carbocycles. The van der Waals surface area contributed by atoms with Crippen LogP contribution in [0.15, 0.2) is 18.2 Å². The molecular weight excluding hydrogens is 351 g/mol. The summed E-state index contributed by atoms with van der Waals surface area (Å²) in [6.07, 6.45) is 10.3. The fourth-order valence-corrected chi connectivity index (χ4v) is 8.92. The van der Waals surface area contributed by atoms with Gasteiger partial charge in [-0.25, -0.2) is 4.39 Å². The van der Waals surface area contributed by atoms with Gasteiger partial charge in [0, 0.05) is 22.5 Å². The van der Waals surface area contributed by atoms with Gasteiger partial charge in [-0.05, 0) is 48.3 Å². The lowest BCUT2D eigenvalue weighted by Crippen LogP contribution is -2.40. The molecule has 1 saturated heterocycles. The minimum atomic E-state index is -0.568. The highest BCUT2D eigenvalue weighted by Gasteiger charge is 2.42. The van der Waals surface area contributed by atoms with Gasteiger partial charge in [-0.1, -0.05) is 67.9 Å². The van der Waals surface area contributed by atoms with Gasteiger partial charge >= 0.3 is 0 Å². The summed E-state index contributed by atoms with van der Waals surface area (Å²) in [7, 11) is 1.23. The van der Waals surface area contributed by atoms with Crippen LogP contribution in [0.1, 0.15) is 56.9 Å². The van der Waals surface area contributed by atoms with Crippen molar-refractivity contribution in [1.82, 2.24) is 0 Å². The van der Waals surface area contributed by atoms with E-state index in [1.54, 1.807) is 19.2 Å². The Morgan fingerprint density at radius 1 is 1.20 bits per heavy atom. The van der Waals surface area contributed by atoms with Crippen molar-refractivity contribution >= 4 is 20.4 Å². The zero-order chi connectivity index (χ0) is 17.7. The van der Waals surface area contributed by atoms with Crippen LogP contribution in [0.25, 0.3) is 0 Å². The van der Waals surface area contributed by atoms with Gasteiger partial charge in [0.05, 0.1) is 5.02 Å². The Kier molecular flexibility index (Phi) is 6.98. The normalized spacial score (nSPS) is 26.5. The zero-order valence-electron chi connectivity index (χ0n) is 15.5. The molecule has 25 heavy (non-hydrogen) atoms. The largest absolute Gasteiger partial charge is 0.385 e. The second-order valence-corrected chi connectivity index (χ2v) is 12.1. The number of hydrogen-bond donors (Lipinski definition) is 0. The Morgan fingerprint density at radius 3 is 2.56 bits per heavy atom. The van der Waals surface area contributed by atoms with Crippen LogP contribution >= 0.6 is 11.6 Å². The molecule has 1 heterocycles. The lowest BCUT2D eigenvalue weighted by atomic mass is 9.60. The van der Waals surface area contributed by atoms with Gasteiger partial charge in [0.15, 0.2) is 0 Å². The monoisotopic (exact) mass is 382 g/mol. The maximum atomic E-state index is 14.2. The molecule has 1 saturated carbocycles. The van der Waals surface area contributed by atoms with Crippen molar-refractivity contribution in [3.8, 4) is 0 Å². The van der Waals surface area contributed by atoms with E-state index in [4.69, 9.17) is 16.3 Å². The summed E-state index contributed by atoms with van der Waals surface area (Å²) in [5.41, 5.74) is 1.42. The zero-order valence-corrected chi connectivity index (χ0v) is 17.4. The Morgan fingerprint density at radius 2 is 1.92 bits per heavy atom. The first kappa shape index (κ1) is 19.4. The molecule has 1 aliphatic heterocycles. The quantitative estimate of drug-likeness (QED) is 0.411. The third-order valence-corrected chi connectivity index (χ3v) is 10.7. The van der Waals surface area contributed by atoms with Crippen molar-refractivity contribution in [2.45, 2.75) is 74.9 Å². The van der Waals surface area contributed by atoms with Crippen LogP contribution in [0, 0.1) is 11.7 Å². The highest BCUT2D eigenvalue weighted by molar-refractivity contribution is 6.59. The minimum Gasteiger partial charge on any atom is -0.385 e. The summed E-state index contributed by atoms with van der Waals surface area (Å²) in [5, 5.41) is 0.254. The van der Waals surface area contributed by atoms with Crippen molar-refractivity contribution < 1.29 is 9.13 Å². The molecule has 2 aliphatic rings. The number of hydrogen-bond acceptors (Lipinski definition) is 1. The molecule has 140 valence electrons. The van der Waals surface area contributed by atoms with E-state index in [-0.39, 0.29) is 16.3 Å². The van der Waals surface area contributed by atoms with E-state index in [9.17, 15) is 4.39 Å². The van der Waals surface area contributed by atoms with Crippen molar-refractivity contribution in [3.05, 3.63) is 34.6 Å². The predicted molar refractivity (Wildman–Crippen MR) is 107 cm³/mol. The van der Waals surface area contributed by atoms with E-state index < -0.39 is 8.80 Å². The van der Waals surface area contributed by atoms with Gasteiger partial charge in [-0.15, -0.1) is 0 Å². The third-order valence-electron chi connectivity index (χ3n) is 6.83. The molecule has 1 nitrogen and oxygen atoms in total. The topological polar surface area (TPSA) is 9.23 Å². The van der Waals surface area contributed by atoms with E-state index in [1.807, 2.05) is 0 Å². The molecule has 2 fully saturated rings. The standard InChI is InChI=1S/C21H32ClFOSi/c1-24-12-5-13-25-14-8-17(9-15-25)21(10-3-2-4-11-21)18-6-7-19(22)20(23)16-18/h6-7,16-17,25H,2-5,8-15H2,1H3. The highest BCUT2D eigenvalue weighted by Crippen LogP contribution is 2.50. The van der Waals surface area contributed by atoms with E-state index in [2.05, 4.69) is 6.07 Å². The van der Waals surface area contributed by atoms with Crippen LogP contribution in [0.4, 0.5) is 4.39 Å². The van der Waals surface area contributed by atoms with Crippen molar-refractivity contribution in [1.29, 1.82) is 0 Å². The summed E-state index contributed by atoms with van der Waals surface area (Å²) >= 11 is 5.95. The molecule has 0 spiro atoms. The first-order chi connectivity index (χ1) is 12.2.